The summed E-state index contributed by atoms with van der Waals surface area (Å²) in [7, 11) is 0. The van der Waals surface area contributed by atoms with Gasteiger partial charge in [0.05, 0.1) is 36.7 Å². The fourth-order valence-corrected chi connectivity index (χ4v) is 3.17. The van der Waals surface area contributed by atoms with Gasteiger partial charge in [-0.1, -0.05) is 11.6 Å². The summed E-state index contributed by atoms with van der Waals surface area (Å²) in [6, 6.07) is 6.89. The molecule has 0 bridgehead atoms. The second-order valence-electron chi connectivity index (χ2n) is 5.96. The molecule has 1 amide bonds. The quantitative estimate of drug-likeness (QED) is 0.759. The molecule has 26 heavy (non-hydrogen) atoms. The van der Waals surface area contributed by atoms with Gasteiger partial charge in [-0.3, -0.25) is 9.78 Å². The number of amides is 1. The second-order valence-corrected chi connectivity index (χ2v) is 6.40. The number of likely N-dealkylation sites (tertiary alicyclic amines) is 1. The first-order chi connectivity index (χ1) is 12.7. The van der Waals surface area contributed by atoms with Crippen LogP contribution in [0, 0.1) is 0 Å². The van der Waals surface area contributed by atoms with E-state index in [1.165, 1.54) is 12.5 Å². The number of aromatic nitrogens is 4. The lowest BCUT2D eigenvalue weighted by Gasteiger charge is -2.23. The molecule has 2 aromatic heterocycles. The molecular weight excluding hydrogens is 354 g/mol. The Bertz CT molecular complexity index is 898. The van der Waals surface area contributed by atoms with Crippen LogP contribution in [-0.4, -0.2) is 37.3 Å². The van der Waals surface area contributed by atoms with Crippen LogP contribution in [0.3, 0.4) is 0 Å². The van der Waals surface area contributed by atoms with Crippen molar-refractivity contribution >= 4 is 17.5 Å². The van der Waals surface area contributed by atoms with Gasteiger partial charge in [0.15, 0.2) is 0 Å². The van der Waals surface area contributed by atoms with Crippen LogP contribution in [0.1, 0.15) is 35.1 Å². The number of carbonyl (C=O) groups is 1. The van der Waals surface area contributed by atoms with E-state index >= 15 is 0 Å². The summed E-state index contributed by atoms with van der Waals surface area (Å²) in [5, 5.41) is 0.635. The number of hydrogen-bond donors (Lipinski definition) is 1. The Kier molecular flexibility index (Phi) is 4.53. The third kappa shape index (κ3) is 3.39. The predicted octanol–water partition coefficient (Wildman–Crippen LogP) is 3.62. The van der Waals surface area contributed by atoms with Gasteiger partial charge in [0.25, 0.3) is 5.91 Å². The molecule has 1 N–H and O–H groups in total. The SMILES string of the molecule is O=C(c1cnc[nH]1)N1CCC[C@@H]1c1cncc(Oc2ccc(Cl)cc2)n1. The lowest BCUT2D eigenvalue weighted by atomic mass is 10.1. The summed E-state index contributed by atoms with van der Waals surface area (Å²) in [6.07, 6.45) is 8.00. The number of ether oxygens (including phenoxy) is 1. The van der Waals surface area contributed by atoms with E-state index in [9.17, 15) is 4.79 Å². The van der Waals surface area contributed by atoms with Crippen LogP contribution in [0.15, 0.2) is 49.2 Å². The van der Waals surface area contributed by atoms with Crippen molar-refractivity contribution in [1.82, 2.24) is 24.8 Å². The number of nitrogens with one attached hydrogen (secondary N) is 1. The van der Waals surface area contributed by atoms with Gasteiger partial charge in [0.1, 0.15) is 11.4 Å². The second kappa shape index (κ2) is 7.13. The van der Waals surface area contributed by atoms with Crippen molar-refractivity contribution in [2.24, 2.45) is 0 Å². The molecule has 4 rings (SSSR count). The van der Waals surface area contributed by atoms with Crippen molar-refractivity contribution in [2.75, 3.05) is 6.54 Å². The Morgan fingerprint density at radius 1 is 1.19 bits per heavy atom. The highest BCUT2D eigenvalue weighted by Crippen LogP contribution is 2.32. The number of aromatic amines is 1. The summed E-state index contributed by atoms with van der Waals surface area (Å²) in [5.74, 6) is 0.916. The van der Waals surface area contributed by atoms with Crippen LogP contribution in [0.5, 0.6) is 11.6 Å². The number of imidazole rings is 1. The van der Waals surface area contributed by atoms with Crippen molar-refractivity contribution < 1.29 is 9.53 Å². The van der Waals surface area contributed by atoms with Crippen LogP contribution in [0.25, 0.3) is 0 Å². The number of H-pyrrole nitrogens is 1. The van der Waals surface area contributed by atoms with Gasteiger partial charge in [-0.25, -0.2) is 9.97 Å². The molecule has 3 aromatic rings. The molecule has 0 radical (unpaired) electrons. The monoisotopic (exact) mass is 369 g/mol. The van der Waals surface area contributed by atoms with Crippen molar-refractivity contribution in [3.8, 4) is 11.6 Å². The first-order valence-electron chi connectivity index (χ1n) is 8.25. The van der Waals surface area contributed by atoms with E-state index in [0.717, 1.165) is 12.8 Å². The summed E-state index contributed by atoms with van der Waals surface area (Å²) < 4.78 is 5.75. The van der Waals surface area contributed by atoms with Crippen molar-refractivity contribution in [2.45, 2.75) is 18.9 Å². The maximum Gasteiger partial charge on any atom is 0.272 e. The summed E-state index contributed by atoms with van der Waals surface area (Å²) in [6.45, 7) is 0.673. The standard InChI is InChI=1S/C18H16ClN5O2/c19-12-3-5-13(6-4-12)26-17-10-20-8-14(23-17)16-2-1-7-24(16)18(25)15-9-21-11-22-15/h3-6,8-11,16H,1-2,7H2,(H,21,22)/t16-/m1/s1. The van der Waals surface area contributed by atoms with Gasteiger partial charge < -0.3 is 14.6 Å². The molecule has 1 aliphatic heterocycles. The molecule has 0 saturated carbocycles. The number of carbonyl (C=O) groups excluding carboxylic acids is 1. The third-order valence-electron chi connectivity index (χ3n) is 4.25. The lowest BCUT2D eigenvalue weighted by molar-refractivity contribution is 0.0727. The summed E-state index contributed by atoms with van der Waals surface area (Å²) >= 11 is 5.89. The van der Waals surface area contributed by atoms with Crippen LogP contribution in [-0.2, 0) is 0 Å². The third-order valence-corrected chi connectivity index (χ3v) is 4.50. The minimum absolute atomic E-state index is 0.0872. The van der Waals surface area contributed by atoms with Crippen molar-refractivity contribution in [1.29, 1.82) is 0 Å². The molecule has 1 fully saturated rings. The minimum atomic E-state index is -0.132. The van der Waals surface area contributed by atoms with Crippen molar-refractivity contribution in [3.63, 3.8) is 0 Å². The molecule has 8 heteroatoms. The fourth-order valence-electron chi connectivity index (χ4n) is 3.04. The fraction of sp³-hybridized carbons (Fsp3) is 0.222. The zero-order valence-corrected chi connectivity index (χ0v) is 14.6. The number of benzene rings is 1. The maximum atomic E-state index is 12.7. The topological polar surface area (TPSA) is 84.0 Å². The highest BCUT2D eigenvalue weighted by atomic mass is 35.5. The van der Waals surface area contributed by atoms with E-state index in [-0.39, 0.29) is 11.9 Å². The predicted molar refractivity (Wildman–Crippen MR) is 95.2 cm³/mol. The summed E-state index contributed by atoms with van der Waals surface area (Å²) in [5.41, 5.74) is 1.18. The van der Waals surface area contributed by atoms with E-state index in [1.807, 2.05) is 0 Å². The molecule has 132 valence electrons. The molecule has 0 spiro atoms. The first kappa shape index (κ1) is 16.5. The van der Waals surface area contributed by atoms with Crippen LogP contribution in [0.4, 0.5) is 0 Å². The lowest BCUT2D eigenvalue weighted by Crippen LogP contribution is -2.31. The number of halogens is 1. The Morgan fingerprint density at radius 3 is 2.81 bits per heavy atom. The molecule has 0 unspecified atom stereocenters. The van der Waals surface area contributed by atoms with Gasteiger partial charge in [-0.15, -0.1) is 0 Å². The Hall–Kier alpha value is -2.93. The van der Waals surface area contributed by atoms with Crippen LogP contribution < -0.4 is 4.74 Å². The van der Waals surface area contributed by atoms with E-state index in [2.05, 4.69) is 19.9 Å². The zero-order chi connectivity index (χ0) is 17.9. The molecule has 1 aromatic carbocycles. The van der Waals surface area contributed by atoms with E-state index in [0.29, 0.717) is 34.6 Å². The minimum Gasteiger partial charge on any atom is -0.437 e. The van der Waals surface area contributed by atoms with Gasteiger partial charge in [-0.2, -0.15) is 0 Å². The van der Waals surface area contributed by atoms with Gasteiger partial charge in [-0.05, 0) is 37.1 Å². The molecular formula is C18H16ClN5O2. The number of hydrogen-bond acceptors (Lipinski definition) is 5. The highest BCUT2D eigenvalue weighted by Gasteiger charge is 2.32. The largest absolute Gasteiger partial charge is 0.437 e. The molecule has 7 nitrogen and oxygen atoms in total. The molecule has 3 heterocycles. The van der Waals surface area contributed by atoms with Crippen molar-refractivity contribution in [3.05, 3.63) is 65.6 Å². The average molecular weight is 370 g/mol. The van der Waals surface area contributed by atoms with E-state index in [1.54, 1.807) is 41.6 Å². The van der Waals surface area contributed by atoms with E-state index in [4.69, 9.17) is 16.3 Å². The first-order valence-corrected chi connectivity index (χ1v) is 8.63. The maximum absolute atomic E-state index is 12.7. The molecule has 1 atom stereocenters. The van der Waals surface area contributed by atoms with Gasteiger partial charge >= 0.3 is 0 Å². The zero-order valence-electron chi connectivity index (χ0n) is 13.8. The van der Waals surface area contributed by atoms with Crippen LogP contribution >= 0.6 is 11.6 Å². The summed E-state index contributed by atoms with van der Waals surface area (Å²) in [4.78, 5) is 30.0. The number of rotatable bonds is 4. The Labute approximate surface area is 155 Å². The Balaban J connectivity index is 1.55. The smallest absolute Gasteiger partial charge is 0.272 e. The average Bonchev–Trinajstić information content (AvgIpc) is 3.35. The highest BCUT2D eigenvalue weighted by molar-refractivity contribution is 6.30. The number of nitrogens with zero attached hydrogens (tertiary/aromatic N) is 4. The van der Waals surface area contributed by atoms with Gasteiger partial charge in [0.2, 0.25) is 5.88 Å². The normalized spacial score (nSPS) is 16.7. The molecule has 1 saturated heterocycles. The molecule has 0 aliphatic carbocycles. The van der Waals surface area contributed by atoms with E-state index < -0.39 is 0 Å². The van der Waals surface area contributed by atoms with Gasteiger partial charge in [0, 0.05) is 11.6 Å². The Morgan fingerprint density at radius 2 is 2.04 bits per heavy atom. The van der Waals surface area contributed by atoms with Crippen LogP contribution in [0.2, 0.25) is 5.02 Å². The molecule has 1 aliphatic rings.